The van der Waals surface area contributed by atoms with Crippen molar-refractivity contribution in [2.75, 3.05) is 19.6 Å². The molecule has 0 atom stereocenters. The van der Waals surface area contributed by atoms with Gasteiger partial charge in [0, 0.05) is 26.1 Å². The Kier molecular flexibility index (Phi) is 4.22. The normalized spacial score (nSPS) is 22.8. The Morgan fingerprint density at radius 1 is 1.25 bits per heavy atom. The zero-order chi connectivity index (χ0) is 11.4. The Morgan fingerprint density at radius 2 is 1.94 bits per heavy atom. The minimum absolute atomic E-state index is 0.390. The Morgan fingerprint density at radius 3 is 2.44 bits per heavy atom. The van der Waals surface area contributed by atoms with Gasteiger partial charge in [-0.05, 0) is 25.7 Å². The molecule has 1 N–H and O–H groups in total. The molecule has 1 heterocycles. The number of hydrogen-bond acceptors (Lipinski definition) is 2. The minimum Gasteiger partial charge on any atom is -0.337 e. The van der Waals surface area contributed by atoms with Gasteiger partial charge >= 0.3 is 0 Å². The summed E-state index contributed by atoms with van der Waals surface area (Å²) in [6, 6.07) is 0.473. The SMILES string of the molecule is CCN(C(=O)CC1CCCCC1)C1CNC1. The second-order valence-corrected chi connectivity index (χ2v) is 5.20. The van der Waals surface area contributed by atoms with Crippen LogP contribution in [0.4, 0.5) is 0 Å². The highest BCUT2D eigenvalue weighted by Gasteiger charge is 2.28. The lowest BCUT2D eigenvalue weighted by molar-refractivity contribution is -0.135. The Labute approximate surface area is 98.6 Å². The van der Waals surface area contributed by atoms with Crippen LogP contribution in [0.2, 0.25) is 0 Å². The van der Waals surface area contributed by atoms with E-state index >= 15 is 0 Å². The molecule has 2 rings (SSSR count). The number of hydrogen-bond donors (Lipinski definition) is 1. The van der Waals surface area contributed by atoms with Gasteiger partial charge in [-0.2, -0.15) is 0 Å². The fourth-order valence-electron chi connectivity index (χ4n) is 2.89. The van der Waals surface area contributed by atoms with E-state index in [9.17, 15) is 4.79 Å². The van der Waals surface area contributed by atoms with Gasteiger partial charge in [-0.25, -0.2) is 0 Å². The number of rotatable bonds is 4. The van der Waals surface area contributed by atoms with Gasteiger partial charge in [-0.3, -0.25) is 4.79 Å². The van der Waals surface area contributed by atoms with Crippen LogP contribution in [0.15, 0.2) is 0 Å². The number of nitrogens with zero attached hydrogens (tertiary/aromatic N) is 1. The molecule has 1 amide bonds. The van der Waals surface area contributed by atoms with E-state index in [1.54, 1.807) is 0 Å². The first kappa shape index (κ1) is 11.9. The summed E-state index contributed by atoms with van der Waals surface area (Å²) in [6.45, 7) is 4.95. The summed E-state index contributed by atoms with van der Waals surface area (Å²) in [5.74, 6) is 1.06. The zero-order valence-corrected chi connectivity index (χ0v) is 10.4. The Hall–Kier alpha value is -0.570. The van der Waals surface area contributed by atoms with Crippen molar-refractivity contribution in [1.82, 2.24) is 10.2 Å². The number of carbonyl (C=O) groups is 1. The van der Waals surface area contributed by atoms with E-state index in [1.165, 1.54) is 32.1 Å². The van der Waals surface area contributed by atoms with Gasteiger partial charge in [0.05, 0.1) is 6.04 Å². The molecular weight excluding hydrogens is 200 g/mol. The summed E-state index contributed by atoms with van der Waals surface area (Å²) < 4.78 is 0. The number of nitrogens with one attached hydrogen (secondary N) is 1. The maximum absolute atomic E-state index is 12.2. The third kappa shape index (κ3) is 2.76. The van der Waals surface area contributed by atoms with Crippen LogP contribution in [-0.4, -0.2) is 36.5 Å². The van der Waals surface area contributed by atoms with Gasteiger partial charge in [0.15, 0.2) is 0 Å². The molecule has 0 radical (unpaired) electrons. The minimum atomic E-state index is 0.390. The first-order valence-corrected chi connectivity index (χ1v) is 6.81. The molecule has 2 aliphatic rings. The number of amides is 1. The summed E-state index contributed by atoms with van der Waals surface area (Å²) >= 11 is 0. The van der Waals surface area contributed by atoms with Crippen LogP contribution in [0.1, 0.15) is 45.4 Å². The second-order valence-electron chi connectivity index (χ2n) is 5.20. The highest BCUT2D eigenvalue weighted by molar-refractivity contribution is 5.77. The third-order valence-electron chi connectivity index (χ3n) is 4.05. The first-order valence-electron chi connectivity index (χ1n) is 6.81. The van der Waals surface area contributed by atoms with Gasteiger partial charge in [0.25, 0.3) is 0 Å². The molecule has 0 aromatic rings. The lowest BCUT2D eigenvalue weighted by atomic mass is 9.86. The summed E-state index contributed by atoms with van der Waals surface area (Å²) in [5, 5.41) is 3.24. The molecule has 1 aliphatic heterocycles. The predicted octanol–water partition coefficient (Wildman–Crippen LogP) is 1.78. The van der Waals surface area contributed by atoms with Crippen LogP contribution in [-0.2, 0) is 4.79 Å². The average Bonchev–Trinajstić information content (AvgIpc) is 2.24. The summed E-state index contributed by atoms with van der Waals surface area (Å²) in [5.41, 5.74) is 0. The van der Waals surface area contributed by atoms with Crippen LogP contribution < -0.4 is 5.32 Å². The smallest absolute Gasteiger partial charge is 0.223 e. The van der Waals surface area contributed by atoms with Crippen LogP contribution in [0.5, 0.6) is 0 Å². The average molecular weight is 224 g/mol. The number of likely N-dealkylation sites (N-methyl/N-ethyl adjacent to an activating group) is 1. The van der Waals surface area contributed by atoms with Crippen molar-refractivity contribution in [1.29, 1.82) is 0 Å². The third-order valence-corrected chi connectivity index (χ3v) is 4.05. The van der Waals surface area contributed by atoms with Crippen molar-refractivity contribution >= 4 is 5.91 Å². The fourth-order valence-corrected chi connectivity index (χ4v) is 2.89. The molecule has 0 aromatic carbocycles. The maximum atomic E-state index is 12.2. The summed E-state index contributed by atoms with van der Waals surface area (Å²) in [7, 11) is 0. The molecule has 16 heavy (non-hydrogen) atoms. The van der Waals surface area contributed by atoms with Crippen LogP contribution in [0.25, 0.3) is 0 Å². The van der Waals surface area contributed by atoms with E-state index in [2.05, 4.69) is 17.1 Å². The van der Waals surface area contributed by atoms with Crippen LogP contribution in [0, 0.1) is 5.92 Å². The largest absolute Gasteiger partial charge is 0.337 e. The van der Waals surface area contributed by atoms with E-state index in [1.807, 2.05) is 0 Å². The standard InChI is InChI=1S/C13H24N2O/c1-2-15(12-9-14-10-12)13(16)8-11-6-4-3-5-7-11/h11-12,14H,2-10H2,1H3. The molecule has 3 nitrogen and oxygen atoms in total. The van der Waals surface area contributed by atoms with Crippen molar-refractivity contribution in [3.8, 4) is 0 Å². The van der Waals surface area contributed by atoms with Crippen LogP contribution in [0.3, 0.4) is 0 Å². The van der Waals surface area contributed by atoms with E-state index in [4.69, 9.17) is 0 Å². The quantitative estimate of drug-likeness (QED) is 0.789. The molecule has 0 bridgehead atoms. The van der Waals surface area contributed by atoms with Crippen molar-refractivity contribution < 1.29 is 4.79 Å². The highest BCUT2D eigenvalue weighted by Crippen LogP contribution is 2.27. The van der Waals surface area contributed by atoms with Gasteiger partial charge in [-0.1, -0.05) is 19.3 Å². The lowest BCUT2D eigenvalue weighted by Crippen LogP contribution is -2.58. The lowest BCUT2D eigenvalue weighted by Gasteiger charge is -2.38. The predicted molar refractivity (Wildman–Crippen MR) is 65.2 cm³/mol. The highest BCUT2D eigenvalue weighted by atomic mass is 16.2. The molecule has 1 saturated heterocycles. The molecule has 0 unspecified atom stereocenters. The van der Waals surface area contributed by atoms with Crippen molar-refractivity contribution in [2.45, 2.75) is 51.5 Å². The van der Waals surface area contributed by atoms with Crippen molar-refractivity contribution in [3.05, 3.63) is 0 Å². The van der Waals surface area contributed by atoms with Crippen molar-refractivity contribution in [2.24, 2.45) is 5.92 Å². The summed E-state index contributed by atoms with van der Waals surface area (Å²) in [4.78, 5) is 14.2. The topological polar surface area (TPSA) is 32.3 Å². The molecular formula is C13H24N2O. The van der Waals surface area contributed by atoms with Gasteiger partial charge in [0.1, 0.15) is 0 Å². The molecule has 1 saturated carbocycles. The maximum Gasteiger partial charge on any atom is 0.223 e. The summed E-state index contributed by atoms with van der Waals surface area (Å²) in [6.07, 6.45) is 7.36. The first-order chi connectivity index (χ1) is 7.81. The van der Waals surface area contributed by atoms with Crippen LogP contribution >= 0.6 is 0 Å². The van der Waals surface area contributed by atoms with Gasteiger partial charge < -0.3 is 10.2 Å². The molecule has 1 aliphatic carbocycles. The van der Waals surface area contributed by atoms with Crippen molar-refractivity contribution in [3.63, 3.8) is 0 Å². The van der Waals surface area contributed by atoms with E-state index in [0.29, 0.717) is 17.9 Å². The van der Waals surface area contributed by atoms with E-state index in [-0.39, 0.29) is 0 Å². The molecule has 92 valence electrons. The molecule has 3 heteroatoms. The van der Waals surface area contributed by atoms with Gasteiger partial charge in [0.2, 0.25) is 5.91 Å². The molecule has 0 aromatic heterocycles. The van der Waals surface area contributed by atoms with E-state index in [0.717, 1.165) is 26.1 Å². The second kappa shape index (κ2) is 5.67. The molecule has 0 spiro atoms. The van der Waals surface area contributed by atoms with E-state index < -0.39 is 0 Å². The number of carbonyl (C=O) groups excluding carboxylic acids is 1. The Balaban J connectivity index is 1.80. The fraction of sp³-hybridized carbons (Fsp3) is 0.923. The zero-order valence-electron chi connectivity index (χ0n) is 10.4. The molecule has 2 fully saturated rings. The van der Waals surface area contributed by atoms with Gasteiger partial charge in [-0.15, -0.1) is 0 Å². The monoisotopic (exact) mass is 224 g/mol. The Bertz CT molecular complexity index is 232.